The first-order valence-electron chi connectivity index (χ1n) is 5.65. The Labute approximate surface area is 114 Å². The highest BCUT2D eigenvalue weighted by molar-refractivity contribution is 9.10. The van der Waals surface area contributed by atoms with Gasteiger partial charge in [0.2, 0.25) is 0 Å². The second-order valence-corrected chi connectivity index (χ2v) is 4.44. The van der Waals surface area contributed by atoms with Crippen molar-refractivity contribution in [2.45, 2.75) is 20.8 Å². The Morgan fingerprint density at radius 3 is 2.06 bits per heavy atom. The van der Waals surface area contributed by atoms with E-state index in [4.69, 9.17) is 9.47 Å². The van der Waals surface area contributed by atoms with Crippen LogP contribution in [0.3, 0.4) is 0 Å². The zero-order chi connectivity index (χ0) is 13.7. The highest BCUT2D eigenvalue weighted by Gasteiger charge is 2.17. The van der Waals surface area contributed by atoms with Gasteiger partial charge in [-0.15, -0.1) is 0 Å². The molecule has 1 aromatic rings. The lowest BCUT2D eigenvalue weighted by molar-refractivity contribution is 0.0510. The molecule has 0 radical (unpaired) electrons. The Hall–Kier alpha value is -1.36. The highest BCUT2D eigenvalue weighted by atomic mass is 79.9. The molecule has 0 saturated heterocycles. The van der Waals surface area contributed by atoms with Crippen LogP contribution in [0.2, 0.25) is 0 Å². The maximum Gasteiger partial charge on any atom is 0.339 e. The quantitative estimate of drug-likeness (QED) is 0.801. The molecular formula is C13H15BrO4. The van der Waals surface area contributed by atoms with Gasteiger partial charge in [0.15, 0.2) is 0 Å². The van der Waals surface area contributed by atoms with Gasteiger partial charge in [0, 0.05) is 4.47 Å². The topological polar surface area (TPSA) is 52.6 Å². The van der Waals surface area contributed by atoms with Crippen LogP contribution < -0.4 is 0 Å². The molecule has 0 N–H and O–H groups in total. The van der Waals surface area contributed by atoms with Crippen molar-refractivity contribution in [3.8, 4) is 0 Å². The predicted octanol–water partition coefficient (Wildman–Crippen LogP) is 3.11. The molecule has 0 aliphatic rings. The lowest BCUT2D eigenvalue weighted by Gasteiger charge is -2.09. The van der Waals surface area contributed by atoms with Gasteiger partial charge < -0.3 is 9.47 Å². The maximum absolute atomic E-state index is 11.7. The summed E-state index contributed by atoms with van der Waals surface area (Å²) in [6.07, 6.45) is 0. The van der Waals surface area contributed by atoms with E-state index in [1.165, 1.54) is 0 Å². The Bertz CT molecular complexity index is 425. The van der Waals surface area contributed by atoms with E-state index in [-0.39, 0.29) is 0 Å². The summed E-state index contributed by atoms with van der Waals surface area (Å²) < 4.78 is 10.4. The molecule has 18 heavy (non-hydrogen) atoms. The van der Waals surface area contributed by atoms with Crippen LogP contribution in [0.1, 0.15) is 40.1 Å². The van der Waals surface area contributed by atoms with Crippen LogP contribution in [-0.4, -0.2) is 25.2 Å². The number of ether oxygens (including phenoxy) is 2. The molecule has 4 nitrogen and oxygen atoms in total. The Kier molecular flexibility index (Phi) is 5.34. The Morgan fingerprint density at radius 1 is 1.06 bits per heavy atom. The predicted molar refractivity (Wildman–Crippen MR) is 70.8 cm³/mol. The fraction of sp³-hybridized carbons (Fsp3) is 0.385. The van der Waals surface area contributed by atoms with Crippen molar-refractivity contribution < 1.29 is 19.1 Å². The number of hydrogen-bond acceptors (Lipinski definition) is 4. The lowest BCUT2D eigenvalue weighted by atomic mass is 10.1. The Morgan fingerprint density at radius 2 is 1.56 bits per heavy atom. The summed E-state index contributed by atoms with van der Waals surface area (Å²) in [5, 5.41) is 0. The molecule has 0 unspecified atom stereocenters. The minimum atomic E-state index is -0.414. The Balaban J connectivity index is 3.11. The second-order valence-electron chi connectivity index (χ2n) is 3.59. The number of rotatable bonds is 4. The fourth-order valence-corrected chi connectivity index (χ4v) is 1.98. The van der Waals surface area contributed by atoms with E-state index in [0.29, 0.717) is 34.4 Å². The standard InChI is InChI=1S/C13H15BrO4/c1-4-17-12(15)9-7-11(14)10(6-8(9)3)13(16)18-5-2/h6-7H,4-5H2,1-3H3. The van der Waals surface area contributed by atoms with Gasteiger partial charge in [-0.05, 0) is 54.4 Å². The second kappa shape index (κ2) is 6.54. The molecule has 5 heteroatoms. The number of carbonyl (C=O) groups is 2. The molecule has 0 aliphatic heterocycles. The summed E-state index contributed by atoms with van der Waals surface area (Å²) >= 11 is 3.26. The number of benzene rings is 1. The van der Waals surface area contributed by atoms with Gasteiger partial charge in [0.05, 0.1) is 24.3 Å². The van der Waals surface area contributed by atoms with Gasteiger partial charge in [-0.25, -0.2) is 9.59 Å². The van der Waals surface area contributed by atoms with Crippen LogP contribution in [0, 0.1) is 6.92 Å². The molecule has 0 amide bonds. The van der Waals surface area contributed by atoms with Crippen molar-refractivity contribution in [1.29, 1.82) is 0 Å². The average Bonchev–Trinajstić information content (AvgIpc) is 2.32. The van der Waals surface area contributed by atoms with Gasteiger partial charge in [-0.1, -0.05) is 0 Å². The SMILES string of the molecule is CCOC(=O)c1cc(Br)c(C(=O)OCC)cc1C. The summed E-state index contributed by atoms with van der Waals surface area (Å²) in [6, 6.07) is 3.20. The fourth-order valence-electron chi connectivity index (χ4n) is 1.48. The largest absolute Gasteiger partial charge is 0.462 e. The molecule has 0 aliphatic carbocycles. The normalized spacial score (nSPS) is 10.0. The summed E-state index contributed by atoms with van der Waals surface area (Å²) in [6.45, 7) is 5.86. The molecule has 0 atom stereocenters. The highest BCUT2D eigenvalue weighted by Crippen LogP contribution is 2.23. The smallest absolute Gasteiger partial charge is 0.339 e. The first kappa shape index (κ1) is 14.7. The first-order valence-corrected chi connectivity index (χ1v) is 6.44. The molecule has 0 saturated carbocycles. The van der Waals surface area contributed by atoms with Crippen LogP contribution in [0.4, 0.5) is 0 Å². The zero-order valence-electron chi connectivity index (χ0n) is 10.6. The monoisotopic (exact) mass is 314 g/mol. The molecule has 0 spiro atoms. The van der Waals surface area contributed by atoms with Crippen molar-refractivity contribution in [3.05, 3.63) is 33.3 Å². The number of esters is 2. The minimum Gasteiger partial charge on any atom is -0.462 e. The van der Waals surface area contributed by atoms with E-state index in [0.717, 1.165) is 0 Å². The third-order valence-electron chi connectivity index (χ3n) is 2.30. The van der Waals surface area contributed by atoms with E-state index >= 15 is 0 Å². The lowest BCUT2D eigenvalue weighted by Crippen LogP contribution is -2.10. The molecule has 0 aromatic heterocycles. The van der Waals surface area contributed by atoms with Crippen molar-refractivity contribution in [1.82, 2.24) is 0 Å². The van der Waals surface area contributed by atoms with E-state index < -0.39 is 11.9 Å². The van der Waals surface area contributed by atoms with Crippen LogP contribution in [-0.2, 0) is 9.47 Å². The number of hydrogen-bond donors (Lipinski definition) is 0. The molecular weight excluding hydrogens is 300 g/mol. The summed E-state index contributed by atoms with van der Waals surface area (Å²) in [7, 11) is 0. The number of aryl methyl sites for hydroxylation is 1. The zero-order valence-corrected chi connectivity index (χ0v) is 12.2. The molecule has 98 valence electrons. The van der Waals surface area contributed by atoms with Gasteiger partial charge in [0.1, 0.15) is 0 Å². The van der Waals surface area contributed by atoms with Crippen LogP contribution in [0.15, 0.2) is 16.6 Å². The van der Waals surface area contributed by atoms with E-state index in [2.05, 4.69) is 15.9 Å². The average molecular weight is 315 g/mol. The van der Waals surface area contributed by atoms with E-state index in [1.54, 1.807) is 32.9 Å². The third kappa shape index (κ3) is 3.32. The van der Waals surface area contributed by atoms with Gasteiger partial charge in [0.25, 0.3) is 0 Å². The van der Waals surface area contributed by atoms with Crippen molar-refractivity contribution in [2.24, 2.45) is 0 Å². The summed E-state index contributed by atoms with van der Waals surface area (Å²) in [4.78, 5) is 23.3. The van der Waals surface area contributed by atoms with E-state index in [9.17, 15) is 9.59 Å². The molecule has 1 rings (SSSR count). The molecule has 0 heterocycles. The van der Waals surface area contributed by atoms with Crippen LogP contribution >= 0.6 is 15.9 Å². The van der Waals surface area contributed by atoms with Crippen LogP contribution in [0.25, 0.3) is 0 Å². The third-order valence-corrected chi connectivity index (χ3v) is 2.96. The van der Waals surface area contributed by atoms with Crippen molar-refractivity contribution in [3.63, 3.8) is 0 Å². The first-order chi connectivity index (χ1) is 8.51. The summed E-state index contributed by atoms with van der Waals surface area (Å²) in [5.74, 6) is -0.811. The molecule has 0 bridgehead atoms. The minimum absolute atomic E-state index is 0.309. The maximum atomic E-state index is 11.7. The molecule has 1 aromatic carbocycles. The van der Waals surface area contributed by atoms with E-state index in [1.807, 2.05) is 0 Å². The van der Waals surface area contributed by atoms with Crippen molar-refractivity contribution in [2.75, 3.05) is 13.2 Å². The number of halogens is 1. The molecule has 0 fully saturated rings. The van der Waals surface area contributed by atoms with Gasteiger partial charge in [-0.3, -0.25) is 0 Å². The summed E-state index contributed by atoms with van der Waals surface area (Å²) in [5.41, 5.74) is 1.53. The van der Waals surface area contributed by atoms with Gasteiger partial charge >= 0.3 is 11.9 Å². The number of carbonyl (C=O) groups excluding carboxylic acids is 2. The van der Waals surface area contributed by atoms with Crippen molar-refractivity contribution >= 4 is 27.9 Å². The van der Waals surface area contributed by atoms with Gasteiger partial charge in [-0.2, -0.15) is 0 Å². The van der Waals surface area contributed by atoms with Crippen LogP contribution in [0.5, 0.6) is 0 Å².